The topological polar surface area (TPSA) is 77.8 Å². The summed E-state index contributed by atoms with van der Waals surface area (Å²) in [7, 11) is 1.36. The molecule has 0 unspecified atom stereocenters. The highest BCUT2D eigenvalue weighted by atomic mass is 16.5. The van der Waals surface area contributed by atoms with Crippen molar-refractivity contribution in [1.82, 2.24) is 4.98 Å². The second kappa shape index (κ2) is 9.30. The van der Waals surface area contributed by atoms with Crippen LogP contribution in [0.2, 0.25) is 0 Å². The molecule has 0 saturated heterocycles. The van der Waals surface area contributed by atoms with Crippen molar-refractivity contribution in [3.63, 3.8) is 0 Å². The van der Waals surface area contributed by atoms with E-state index in [4.69, 9.17) is 13.6 Å². The van der Waals surface area contributed by atoms with E-state index < -0.39 is 0 Å². The number of rotatable bonds is 5. The maximum absolute atomic E-state index is 11.6. The number of hydrogen-bond donors (Lipinski definition) is 0. The second-order valence-electron chi connectivity index (χ2n) is 9.53. The molecule has 5 aromatic rings. The molecule has 0 bridgehead atoms. The van der Waals surface area contributed by atoms with E-state index in [1.54, 1.807) is 18.3 Å². The quantitative estimate of drug-likeness (QED) is 0.192. The van der Waals surface area contributed by atoms with E-state index >= 15 is 0 Å². The molecule has 0 aliphatic carbocycles. The van der Waals surface area contributed by atoms with Gasteiger partial charge >= 0.3 is 5.97 Å². The zero-order chi connectivity index (χ0) is 25.3. The van der Waals surface area contributed by atoms with Gasteiger partial charge in [-0.25, -0.2) is 9.78 Å². The standard InChI is InChI=1S/C30H26N2O4/c1-30(2,3)22-11-9-20(10-12-22)28-32-25-17-23(13-15-27(25)36-28)31-18-24-14-16-26(35-24)19-5-7-21(8-6-19)29(33)34-4/h5-18H,1-4H3. The Morgan fingerprint density at radius 3 is 2.31 bits per heavy atom. The largest absolute Gasteiger partial charge is 0.465 e. The van der Waals surface area contributed by atoms with Crippen molar-refractivity contribution in [3.8, 4) is 22.8 Å². The molecule has 0 atom stereocenters. The summed E-state index contributed by atoms with van der Waals surface area (Å²) in [4.78, 5) is 20.8. The van der Waals surface area contributed by atoms with E-state index in [-0.39, 0.29) is 11.4 Å². The van der Waals surface area contributed by atoms with Crippen LogP contribution in [0.4, 0.5) is 5.69 Å². The Hall–Kier alpha value is -4.45. The maximum Gasteiger partial charge on any atom is 0.337 e. The molecule has 6 nitrogen and oxygen atoms in total. The van der Waals surface area contributed by atoms with E-state index in [9.17, 15) is 4.79 Å². The number of hydrogen-bond acceptors (Lipinski definition) is 6. The van der Waals surface area contributed by atoms with Crippen LogP contribution < -0.4 is 0 Å². The SMILES string of the molecule is COC(=O)c1ccc(-c2ccc(C=Nc3ccc4oc(-c5ccc(C(C)(C)C)cc5)nc4c3)o2)cc1. The van der Waals surface area contributed by atoms with E-state index in [2.05, 4.69) is 42.9 Å². The number of nitrogens with zero attached hydrogens (tertiary/aromatic N) is 2. The van der Waals surface area contributed by atoms with Crippen molar-refractivity contribution in [3.05, 3.63) is 95.7 Å². The predicted molar refractivity (Wildman–Crippen MR) is 141 cm³/mol. The Morgan fingerprint density at radius 2 is 1.61 bits per heavy atom. The Morgan fingerprint density at radius 1 is 0.889 bits per heavy atom. The highest BCUT2D eigenvalue weighted by Crippen LogP contribution is 2.30. The van der Waals surface area contributed by atoms with Crippen LogP contribution in [0.15, 0.2) is 92.7 Å². The molecule has 0 saturated carbocycles. The van der Waals surface area contributed by atoms with Gasteiger partial charge in [0.2, 0.25) is 5.89 Å². The van der Waals surface area contributed by atoms with Crippen molar-refractivity contribution < 1.29 is 18.4 Å². The summed E-state index contributed by atoms with van der Waals surface area (Å²) in [6.07, 6.45) is 1.67. The van der Waals surface area contributed by atoms with Gasteiger partial charge in [-0.1, -0.05) is 45.0 Å². The minimum Gasteiger partial charge on any atom is -0.465 e. The van der Waals surface area contributed by atoms with E-state index in [0.717, 1.165) is 22.3 Å². The monoisotopic (exact) mass is 478 g/mol. The van der Waals surface area contributed by atoms with Crippen LogP contribution in [0.1, 0.15) is 42.5 Å². The van der Waals surface area contributed by atoms with Gasteiger partial charge in [0.1, 0.15) is 17.0 Å². The number of oxazole rings is 1. The smallest absolute Gasteiger partial charge is 0.337 e. The number of carbonyl (C=O) groups is 1. The van der Waals surface area contributed by atoms with Gasteiger partial charge in [0.15, 0.2) is 5.58 Å². The van der Waals surface area contributed by atoms with Crippen molar-refractivity contribution in [2.24, 2.45) is 4.99 Å². The minimum atomic E-state index is -0.372. The van der Waals surface area contributed by atoms with Crippen LogP contribution in [0, 0.1) is 0 Å². The molecule has 180 valence electrons. The summed E-state index contributed by atoms with van der Waals surface area (Å²) in [5.74, 6) is 1.51. The summed E-state index contributed by atoms with van der Waals surface area (Å²) < 4.78 is 16.6. The molecule has 3 aromatic carbocycles. The Bertz CT molecular complexity index is 1550. The van der Waals surface area contributed by atoms with Crippen molar-refractivity contribution >= 4 is 29.0 Å². The van der Waals surface area contributed by atoms with Crippen LogP contribution in [-0.2, 0) is 10.2 Å². The second-order valence-corrected chi connectivity index (χ2v) is 9.53. The molecule has 0 aliphatic rings. The third-order valence-corrected chi connectivity index (χ3v) is 5.93. The third-order valence-electron chi connectivity index (χ3n) is 5.93. The number of furan rings is 1. The number of ether oxygens (including phenoxy) is 1. The molecule has 0 radical (unpaired) electrons. The van der Waals surface area contributed by atoms with E-state index in [0.29, 0.717) is 28.6 Å². The fraction of sp³-hybridized carbons (Fsp3) is 0.167. The zero-order valence-electron chi connectivity index (χ0n) is 20.6. The van der Waals surface area contributed by atoms with Crippen molar-refractivity contribution in [2.75, 3.05) is 7.11 Å². The van der Waals surface area contributed by atoms with Crippen LogP contribution in [0.25, 0.3) is 33.9 Å². The normalized spacial score (nSPS) is 11.9. The first-order valence-corrected chi connectivity index (χ1v) is 11.6. The average molecular weight is 479 g/mol. The van der Waals surface area contributed by atoms with Crippen molar-refractivity contribution in [1.29, 1.82) is 0 Å². The lowest BCUT2D eigenvalue weighted by molar-refractivity contribution is 0.0600. The number of benzene rings is 3. The Balaban J connectivity index is 1.32. The molecule has 2 aromatic heterocycles. The molecule has 2 heterocycles. The molecule has 5 rings (SSSR count). The Labute approximate surface area is 209 Å². The molecule has 0 N–H and O–H groups in total. The number of aliphatic imine (C=N–C) groups is 1. The van der Waals surface area contributed by atoms with Gasteiger partial charge < -0.3 is 13.6 Å². The van der Waals surface area contributed by atoms with Gasteiger partial charge in [-0.3, -0.25) is 4.99 Å². The third kappa shape index (κ3) is 4.84. The summed E-state index contributed by atoms with van der Waals surface area (Å²) >= 11 is 0. The first-order valence-electron chi connectivity index (χ1n) is 11.6. The highest BCUT2D eigenvalue weighted by molar-refractivity contribution is 5.90. The average Bonchev–Trinajstić information content (AvgIpc) is 3.54. The van der Waals surface area contributed by atoms with Crippen molar-refractivity contribution in [2.45, 2.75) is 26.2 Å². The van der Waals surface area contributed by atoms with Crippen LogP contribution in [-0.4, -0.2) is 24.3 Å². The number of methoxy groups -OCH3 is 1. The molecule has 0 fully saturated rings. The van der Waals surface area contributed by atoms with Gasteiger partial charge in [-0.05, 0) is 65.6 Å². The van der Waals surface area contributed by atoms with Gasteiger partial charge in [0, 0.05) is 11.1 Å². The number of fused-ring (bicyclic) bond motifs is 1. The summed E-state index contributed by atoms with van der Waals surface area (Å²) in [5, 5.41) is 0. The first kappa shape index (κ1) is 23.3. The lowest BCUT2D eigenvalue weighted by atomic mass is 9.87. The Kier molecular flexibility index (Phi) is 6.02. The zero-order valence-corrected chi connectivity index (χ0v) is 20.6. The lowest BCUT2D eigenvalue weighted by Crippen LogP contribution is -2.10. The number of aromatic nitrogens is 1. The molecule has 0 aliphatic heterocycles. The molecular weight excluding hydrogens is 452 g/mol. The summed E-state index contributed by atoms with van der Waals surface area (Å²) in [6, 6.07) is 24.7. The first-order chi connectivity index (χ1) is 17.3. The molecule has 36 heavy (non-hydrogen) atoms. The van der Waals surface area contributed by atoms with Crippen LogP contribution in [0.5, 0.6) is 0 Å². The molecule has 0 spiro atoms. The maximum atomic E-state index is 11.6. The van der Waals surface area contributed by atoms with Crippen LogP contribution >= 0.6 is 0 Å². The van der Waals surface area contributed by atoms with E-state index in [1.807, 2.05) is 54.6 Å². The summed E-state index contributed by atoms with van der Waals surface area (Å²) in [6.45, 7) is 6.57. The van der Waals surface area contributed by atoms with Gasteiger partial charge in [0.25, 0.3) is 0 Å². The van der Waals surface area contributed by atoms with Gasteiger partial charge in [0.05, 0.1) is 24.6 Å². The molecule has 6 heteroatoms. The molecular formula is C30H26N2O4. The number of esters is 1. The van der Waals surface area contributed by atoms with Crippen LogP contribution in [0.3, 0.4) is 0 Å². The summed E-state index contributed by atoms with van der Waals surface area (Å²) in [5.41, 5.74) is 5.83. The number of carbonyl (C=O) groups excluding carboxylic acids is 1. The lowest BCUT2D eigenvalue weighted by Gasteiger charge is -2.18. The fourth-order valence-corrected chi connectivity index (χ4v) is 3.84. The molecule has 0 amide bonds. The highest BCUT2D eigenvalue weighted by Gasteiger charge is 2.15. The minimum absolute atomic E-state index is 0.0939. The predicted octanol–water partition coefficient (Wildman–Crippen LogP) is 7.59. The van der Waals surface area contributed by atoms with E-state index in [1.165, 1.54) is 12.7 Å². The van der Waals surface area contributed by atoms with Gasteiger partial charge in [-0.2, -0.15) is 0 Å². The fourth-order valence-electron chi connectivity index (χ4n) is 3.84. The van der Waals surface area contributed by atoms with Gasteiger partial charge in [-0.15, -0.1) is 0 Å².